The van der Waals surface area contributed by atoms with Crippen molar-refractivity contribution in [2.75, 3.05) is 36.9 Å². The maximum Gasteiger partial charge on any atom is 0.277 e. The second-order valence-corrected chi connectivity index (χ2v) is 10.4. The number of fused-ring (bicyclic) bond motifs is 1. The lowest BCUT2D eigenvalue weighted by molar-refractivity contribution is 0.0705. The largest absolute Gasteiger partial charge is 0.399 e. The summed E-state index contributed by atoms with van der Waals surface area (Å²) in [5.41, 5.74) is 9.87. The average Bonchev–Trinajstić information content (AvgIpc) is 3.34. The molecule has 0 saturated carbocycles. The molecule has 1 fully saturated rings. The predicted molar refractivity (Wildman–Crippen MR) is 138 cm³/mol. The maximum atomic E-state index is 11.6. The molecule has 5 rings (SSSR count). The number of ether oxygens (including phenoxy) is 1. The molecule has 0 spiro atoms. The van der Waals surface area contributed by atoms with Crippen LogP contribution in [0.15, 0.2) is 42.7 Å². The Morgan fingerprint density at radius 1 is 1.17 bits per heavy atom. The molecule has 0 unspecified atom stereocenters. The molecular formula is C25H27N7O3S. The average molecular weight is 506 g/mol. The normalized spacial score (nSPS) is 14.2. The Balaban J connectivity index is 1.52. The van der Waals surface area contributed by atoms with Crippen molar-refractivity contribution in [3.8, 4) is 11.4 Å². The number of nitrogens with two attached hydrogens (primary N) is 1. The van der Waals surface area contributed by atoms with Crippen molar-refractivity contribution < 1.29 is 14.7 Å². The number of benzene rings is 1. The summed E-state index contributed by atoms with van der Waals surface area (Å²) in [6.45, 7) is 7.13. The molecule has 3 aromatic heterocycles. The van der Waals surface area contributed by atoms with Crippen LogP contribution in [0.25, 0.3) is 21.6 Å². The molecule has 1 aliphatic heterocycles. The second kappa shape index (κ2) is 9.76. The molecule has 186 valence electrons. The summed E-state index contributed by atoms with van der Waals surface area (Å²) in [7, 11) is 0. The van der Waals surface area contributed by atoms with Gasteiger partial charge in [-0.3, -0.25) is 10.0 Å². The number of carbonyl (C=O) groups excluding carboxylic acids is 1. The van der Waals surface area contributed by atoms with Crippen molar-refractivity contribution in [3.05, 3.63) is 59.0 Å². The van der Waals surface area contributed by atoms with E-state index in [2.05, 4.69) is 34.8 Å². The molecule has 4 aromatic rings. The molecular weight excluding hydrogens is 478 g/mol. The van der Waals surface area contributed by atoms with Gasteiger partial charge in [-0.2, -0.15) is 0 Å². The van der Waals surface area contributed by atoms with Crippen LogP contribution in [0.5, 0.6) is 0 Å². The quantitative estimate of drug-likeness (QED) is 0.205. The van der Waals surface area contributed by atoms with Crippen LogP contribution < -0.4 is 16.1 Å². The fourth-order valence-corrected chi connectivity index (χ4v) is 5.32. The minimum Gasteiger partial charge on any atom is -0.399 e. The van der Waals surface area contributed by atoms with Gasteiger partial charge in [0.2, 0.25) is 0 Å². The summed E-state index contributed by atoms with van der Waals surface area (Å²) in [6.07, 6.45) is 3.39. The van der Waals surface area contributed by atoms with Crippen molar-refractivity contribution in [3.63, 3.8) is 0 Å². The topological polar surface area (TPSA) is 139 Å². The van der Waals surface area contributed by atoms with Gasteiger partial charge in [-0.15, -0.1) is 11.3 Å². The predicted octanol–water partition coefficient (Wildman–Crippen LogP) is 3.21. The summed E-state index contributed by atoms with van der Waals surface area (Å²) in [5.74, 6) is 1.54. The number of thiophene rings is 1. The smallest absolute Gasteiger partial charge is 0.277 e. The Bertz CT molecular complexity index is 1380. The molecule has 1 saturated heterocycles. The van der Waals surface area contributed by atoms with E-state index in [0.717, 1.165) is 39.6 Å². The minimum atomic E-state index is -0.642. The summed E-state index contributed by atoms with van der Waals surface area (Å²) in [4.78, 5) is 33.5. The van der Waals surface area contributed by atoms with E-state index in [1.165, 1.54) is 12.4 Å². The first-order valence-electron chi connectivity index (χ1n) is 11.6. The van der Waals surface area contributed by atoms with Crippen molar-refractivity contribution >= 4 is 39.0 Å². The summed E-state index contributed by atoms with van der Waals surface area (Å²) in [6, 6.07) is 9.72. The summed E-state index contributed by atoms with van der Waals surface area (Å²) < 4.78 is 6.61. The Morgan fingerprint density at radius 3 is 2.53 bits per heavy atom. The van der Waals surface area contributed by atoms with Gasteiger partial charge in [-0.1, -0.05) is 13.8 Å². The van der Waals surface area contributed by atoms with Gasteiger partial charge < -0.3 is 15.4 Å². The SMILES string of the molecule is CC(C)(Cc1ncc(C(=O)NO)cn1)c1cc2nc(-c3ccc(N)cc3)nc(N3CCOCC3)c2s1. The third kappa shape index (κ3) is 4.85. The number of hydrogen-bond donors (Lipinski definition) is 3. The molecule has 1 amide bonds. The van der Waals surface area contributed by atoms with E-state index in [4.69, 9.17) is 25.6 Å². The molecule has 11 heteroatoms. The number of amides is 1. The van der Waals surface area contributed by atoms with Crippen LogP contribution in [0, 0.1) is 0 Å². The second-order valence-electron chi connectivity index (χ2n) is 9.31. The van der Waals surface area contributed by atoms with E-state index in [-0.39, 0.29) is 11.0 Å². The zero-order valence-corrected chi connectivity index (χ0v) is 20.9. The summed E-state index contributed by atoms with van der Waals surface area (Å²) >= 11 is 1.68. The number of morpholine rings is 1. The molecule has 0 bridgehead atoms. The molecule has 1 aliphatic rings. The fourth-order valence-electron chi connectivity index (χ4n) is 4.11. The lowest BCUT2D eigenvalue weighted by atomic mass is 9.87. The highest BCUT2D eigenvalue weighted by molar-refractivity contribution is 7.19. The van der Waals surface area contributed by atoms with Crippen molar-refractivity contribution in [2.45, 2.75) is 25.7 Å². The van der Waals surface area contributed by atoms with Crippen LogP contribution >= 0.6 is 11.3 Å². The Labute approximate surface area is 212 Å². The molecule has 0 atom stereocenters. The number of anilines is 2. The zero-order valence-electron chi connectivity index (χ0n) is 20.1. The van der Waals surface area contributed by atoms with E-state index >= 15 is 0 Å². The molecule has 10 nitrogen and oxygen atoms in total. The van der Waals surface area contributed by atoms with Crippen LogP contribution in [-0.4, -0.2) is 57.4 Å². The minimum absolute atomic E-state index is 0.196. The molecule has 0 aliphatic carbocycles. The van der Waals surface area contributed by atoms with Crippen LogP contribution in [0.3, 0.4) is 0 Å². The lowest BCUT2D eigenvalue weighted by Crippen LogP contribution is -2.36. The highest BCUT2D eigenvalue weighted by atomic mass is 32.1. The third-order valence-corrected chi connectivity index (χ3v) is 7.66. The Hall–Kier alpha value is -3.67. The highest BCUT2D eigenvalue weighted by Crippen LogP contribution is 2.40. The van der Waals surface area contributed by atoms with Crippen molar-refractivity contribution in [2.24, 2.45) is 0 Å². The number of hydroxylamine groups is 1. The van der Waals surface area contributed by atoms with E-state index in [0.29, 0.717) is 37.0 Å². The number of nitrogen functional groups attached to an aromatic ring is 1. The van der Waals surface area contributed by atoms with Crippen LogP contribution in [0.1, 0.15) is 34.9 Å². The van der Waals surface area contributed by atoms with Crippen molar-refractivity contribution in [1.82, 2.24) is 25.4 Å². The Kier molecular flexibility index (Phi) is 6.52. The van der Waals surface area contributed by atoms with Gasteiger partial charge in [-0.05, 0) is 30.3 Å². The zero-order chi connectivity index (χ0) is 25.3. The third-order valence-electron chi connectivity index (χ3n) is 6.17. The monoisotopic (exact) mass is 505 g/mol. The van der Waals surface area contributed by atoms with E-state index < -0.39 is 5.91 Å². The standard InChI is InChI=1S/C25H27N7O3S/c1-25(2,12-20-27-13-16(14-28-20)24(33)31-34)19-11-18-21(36-19)23(32-7-9-35-10-8-32)30-22(29-18)15-3-5-17(26)6-4-15/h3-6,11,13-14,34H,7-10,12,26H2,1-2H3,(H,31,33). The molecule has 0 radical (unpaired) electrons. The molecule has 1 aromatic carbocycles. The highest BCUT2D eigenvalue weighted by Gasteiger charge is 2.28. The van der Waals surface area contributed by atoms with Crippen molar-refractivity contribution in [1.29, 1.82) is 0 Å². The molecule has 4 N–H and O–H groups in total. The molecule has 36 heavy (non-hydrogen) atoms. The first-order valence-corrected chi connectivity index (χ1v) is 12.4. The maximum absolute atomic E-state index is 11.6. The van der Waals surface area contributed by atoms with Gasteiger partial charge >= 0.3 is 0 Å². The number of rotatable bonds is 6. The van der Waals surface area contributed by atoms with Gasteiger partial charge in [0.1, 0.15) is 5.82 Å². The summed E-state index contributed by atoms with van der Waals surface area (Å²) in [5, 5.41) is 8.80. The van der Waals surface area contributed by atoms with E-state index in [1.807, 2.05) is 24.3 Å². The van der Waals surface area contributed by atoms with Crippen LogP contribution in [-0.2, 0) is 16.6 Å². The first-order chi connectivity index (χ1) is 17.3. The van der Waals surface area contributed by atoms with Crippen LogP contribution in [0.2, 0.25) is 0 Å². The molecule has 4 heterocycles. The van der Waals surface area contributed by atoms with E-state index in [1.54, 1.807) is 16.8 Å². The number of hydrogen-bond acceptors (Lipinski definition) is 10. The number of carbonyl (C=O) groups is 1. The fraction of sp³-hybridized carbons (Fsp3) is 0.320. The van der Waals surface area contributed by atoms with E-state index in [9.17, 15) is 4.79 Å². The number of nitrogens with zero attached hydrogens (tertiary/aromatic N) is 5. The lowest BCUT2D eigenvalue weighted by Gasteiger charge is -2.28. The van der Waals surface area contributed by atoms with Gasteiger partial charge in [0.15, 0.2) is 11.6 Å². The first kappa shape index (κ1) is 24.0. The number of aromatic nitrogens is 4. The van der Waals surface area contributed by atoms with Gasteiger partial charge in [0.05, 0.1) is 29.0 Å². The van der Waals surface area contributed by atoms with Gasteiger partial charge in [0.25, 0.3) is 5.91 Å². The van der Waals surface area contributed by atoms with Gasteiger partial charge in [0, 0.05) is 53.4 Å². The number of nitrogens with one attached hydrogen (secondary N) is 1. The van der Waals surface area contributed by atoms with Crippen LogP contribution in [0.4, 0.5) is 11.5 Å². The van der Waals surface area contributed by atoms with Gasteiger partial charge in [-0.25, -0.2) is 25.4 Å². The Morgan fingerprint density at radius 2 is 1.86 bits per heavy atom.